The monoisotopic (exact) mass is 302 g/mol. The van der Waals surface area contributed by atoms with Crippen LogP contribution in [0.25, 0.3) is 5.69 Å². The number of aromatic nitrogens is 1. The third-order valence-electron chi connectivity index (χ3n) is 2.81. The predicted octanol–water partition coefficient (Wildman–Crippen LogP) is 1.74. The Morgan fingerprint density at radius 2 is 1.52 bits per heavy atom. The topological polar surface area (TPSA) is 100 Å². The fourth-order valence-corrected chi connectivity index (χ4v) is 1.84. The summed E-state index contributed by atoms with van der Waals surface area (Å²) in [4.78, 5) is 11.8. The molecule has 112 valence electrons. The molecule has 0 unspecified atom stereocenters. The van der Waals surface area contributed by atoms with Gasteiger partial charge in [-0.2, -0.15) is 13.2 Å². The summed E-state index contributed by atoms with van der Waals surface area (Å²) in [7, 11) is 0. The fourth-order valence-electron chi connectivity index (χ4n) is 1.84. The van der Waals surface area contributed by atoms with Crippen LogP contribution in [0.15, 0.2) is 29.1 Å². The summed E-state index contributed by atoms with van der Waals surface area (Å²) >= 11 is 0. The summed E-state index contributed by atoms with van der Waals surface area (Å²) in [5.74, 6) is -1.75. The lowest BCUT2D eigenvalue weighted by molar-refractivity contribution is -0.137. The maximum atomic E-state index is 13.3. The Hall–Kier alpha value is -2.71. The van der Waals surface area contributed by atoms with Crippen molar-refractivity contribution in [2.24, 2.45) is 0 Å². The van der Waals surface area contributed by atoms with Gasteiger partial charge in [-0.3, -0.25) is 9.36 Å². The molecule has 0 aliphatic carbocycles. The van der Waals surface area contributed by atoms with Gasteiger partial charge < -0.3 is 17.2 Å². The largest absolute Gasteiger partial charge is 0.419 e. The molecule has 0 spiro atoms. The zero-order valence-corrected chi connectivity index (χ0v) is 10.4. The lowest BCUT2D eigenvalue weighted by atomic mass is 10.2. The lowest BCUT2D eigenvalue weighted by Crippen LogP contribution is -2.24. The van der Waals surface area contributed by atoms with Gasteiger partial charge in [-0.15, -0.1) is 0 Å². The first-order valence-electron chi connectivity index (χ1n) is 5.56. The molecule has 1 aromatic heterocycles. The summed E-state index contributed by atoms with van der Waals surface area (Å²) in [6.07, 6.45) is -4.74. The fraction of sp³-hybridized carbons (Fsp3) is 0.0833. The van der Waals surface area contributed by atoms with Gasteiger partial charge >= 0.3 is 6.18 Å². The highest BCUT2D eigenvalue weighted by atomic mass is 19.4. The number of pyridine rings is 1. The van der Waals surface area contributed by atoms with E-state index in [1.54, 1.807) is 0 Å². The van der Waals surface area contributed by atoms with E-state index in [0.29, 0.717) is 16.7 Å². The molecule has 5 nitrogen and oxygen atoms in total. The molecule has 0 bridgehead atoms. The Bertz CT molecular complexity index is 744. The molecule has 6 N–H and O–H groups in total. The van der Waals surface area contributed by atoms with Crippen molar-refractivity contribution >= 4 is 17.2 Å². The van der Waals surface area contributed by atoms with Crippen molar-refractivity contribution in [3.63, 3.8) is 0 Å². The van der Waals surface area contributed by atoms with Crippen molar-refractivity contribution in [3.8, 4) is 5.69 Å². The number of anilines is 3. The number of hydrogen-bond acceptors (Lipinski definition) is 4. The second kappa shape index (κ2) is 4.69. The van der Waals surface area contributed by atoms with Gasteiger partial charge in [-0.05, 0) is 18.2 Å². The highest BCUT2D eigenvalue weighted by molar-refractivity contribution is 5.63. The van der Waals surface area contributed by atoms with Crippen LogP contribution in [0.2, 0.25) is 0 Å². The molecule has 2 rings (SSSR count). The van der Waals surface area contributed by atoms with Crippen LogP contribution in [0.5, 0.6) is 0 Å². The average Bonchev–Trinajstić information content (AvgIpc) is 2.34. The van der Waals surface area contributed by atoms with E-state index in [9.17, 15) is 22.4 Å². The molecular weight excluding hydrogens is 292 g/mol. The number of hydrogen-bond donors (Lipinski definition) is 3. The van der Waals surface area contributed by atoms with Crippen LogP contribution in [0.3, 0.4) is 0 Å². The molecule has 21 heavy (non-hydrogen) atoms. The molecule has 0 fully saturated rings. The molecule has 0 saturated heterocycles. The van der Waals surface area contributed by atoms with E-state index in [1.165, 1.54) is 0 Å². The molecule has 0 aliphatic heterocycles. The van der Waals surface area contributed by atoms with Crippen molar-refractivity contribution in [1.82, 2.24) is 4.57 Å². The van der Waals surface area contributed by atoms with Gasteiger partial charge in [0.25, 0.3) is 5.56 Å². The third-order valence-corrected chi connectivity index (χ3v) is 2.81. The second-order valence-electron chi connectivity index (χ2n) is 4.24. The number of nitrogen functional groups attached to an aromatic ring is 3. The molecule has 0 radical (unpaired) electrons. The predicted molar refractivity (Wildman–Crippen MR) is 70.2 cm³/mol. The van der Waals surface area contributed by atoms with E-state index in [2.05, 4.69) is 0 Å². The normalized spacial score (nSPS) is 11.6. The Morgan fingerprint density at radius 3 is 2.00 bits per heavy atom. The van der Waals surface area contributed by atoms with E-state index < -0.39 is 40.3 Å². The van der Waals surface area contributed by atoms with E-state index in [1.807, 2.05) is 0 Å². The van der Waals surface area contributed by atoms with Gasteiger partial charge in [-0.25, -0.2) is 4.39 Å². The summed E-state index contributed by atoms with van der Waals surface area (Å²) in [5, 5.41) is 0. The number of nitrogens with two attached hydrogens (primary N) is 3. The number of alkyl halides is 3. The molecule has 2 aromatic rings. The van der Waals surface area contributed by atoms with Gasteiger partial charge in [0, 0.05) is 6.07 Å². The highest BCUT2D eigenvalue weighted by Gasteiger charge is 2.34. The van der Waals surface area contributed by atoms with Crippen molar-refractivity contribution in [1.29, 1.82) is 0 Å². The first-order valence-corrected chi connectivity index (χ1v) is 5.56. The van der Waals surface area contributed by atoms with Gasteiger partial charge in [0.2, 0.25) is 0 Å². The number of benzene rings is 1. The minimum Gasteiger partial charge on any atom is -0.396 e. The molecular formula is C12H10F4N4O. The SMILES string of the molecule is Nc1cc(-n2c(N)c(C(F)(F)F)ccc2=O)cc(N)c1F. The third kappa shape index (κ3) is 2.49. The van der Waals surface area contributed by atoms with Gasteiger partial charge in [0.1, 0.15) is 5.82 Å². The Kier molecular flexibility index (Phi) is 3.28. The first-order chi connectivity index (χ1) is 9.62. The smallest absolute Gasteiger partial charge is 0.396 e. The Balaban J connectivity index is 2.79. The van der Waals surface area contributed by atoms with Crippen LogP contribution >= 0.6 is 0 Å². The molecule has 1 aromatic carbocycles. The van der Waals surface area contributed by atoms with Crippen LogP contribution in [-0.4, -0.2) is 4.57 Å². The molecule has 0 aliphatic rings. The Morgan fingerprint density at radius 1 is 1.00 bits per heavy atom. The second-order valence-corrected chi connectivity index (χ2v) is 4.24. The number of nitrogens with zero attached hydrogens (tertiary/aromatic N) is 1. The molecule has 0 atom stereocenters. The average molecular weight is 302 g/mol. The summed E-state index contributed by atoms with van der Waals surface area (Å²) < 4.78 is 52.3. The van der Waals surface area contributed by atoms with Gasteiger partial charge in [0.15, 0.2) is 5.82 Å². The van der Waals surface area contributed by atoms with Crippen LogP contribution in [-0.2, 0) is 6.18 Å². The van der Waals surface area contributed by atoms with E-state index in [-0.39, 0.29) is 5.69 Å². The minimum absolute atomic E-state index is 0.153. The molecule has 1 heterocycles. The number of rotatable bonds is 1. The Labute approximate surface area is 115 Å². The van der Waals surface area contributed by atoms with Crippen molar-refractivity contribution < 1.29 is 17.6 Å². The van der Waals surface area contributed by atoms with Crippen LogP contribution in [0.4, 0.5) is 34.8 Å². The molecule has 0 amide bonds. The van der Waals surface area contributed by atoms with E-state index >= 15 is 0 Å². The standard InChI is InChI=1S/C12H10F4N4O/c13-10-7(17)3-5(4-8(10)18)20-9(21)2-1-6(11(20)19)12(14,15)16/h1-4H,17-19H2. The van der Waals surface area contributed by atoms with Crippen LogP contribution in [0.1, 0.15) is 5.56 Å². The zero-order valence-electron chi connectivity index (χ0n) is 10.4. The van der Waals surface area contributed by atoms with Gasteiger partial charge in [-0.1, -0.05) is 0 Å². The van der Waals surface area contributed by atoms with Gasteiger partial charge in [0.05, 0.1) is 22.6 Å². The highest BCUT2D eigenvalue weighted by Crippen LogP contribution is 2.34. The zero-order chi connectivity index (χ0) is 15.9. The quantitative estimate of drug-likeness (QED) is 0.552. The number of halogens is 4. The first kappa shape index (κ1) is 14.7. The lowest BCUT2D eigenvalue weighted by Gasteiger charge is -2.16. The maximum Gasteiger partial charge on any atom is 0.419 e. The molecule has 9 heteroatoms. The molecule has 0 saturated carbocycles. The summed E-state index contributed by atoms with van der Waals surface area (Å²) in [6, 6.07) is 3.23. The summed E-state index contributed by atoms with van der Waals surface area (Å²) in [5.41, 5.74) is 13.1. The van der Waals surface area contributed by atoms with Crippen molar-refractivity contribution in [2.45, 2.75) is 6.18 Å². The van der Waals surface area contributed by atoms with Crippen LogP contribution in [0, 0.1) is 5.82 Å². The minimum atomic E-state index is -4.74. The van der Waals surface area contributed by atoms with E-state index in [4.69, 9.17) is 17.2 Å². The summed E-state index contributed by atoms with van der Waals surface area (Å²) in [6.45, 7) is 0. The van der Waals surface area contributed by atoms with Crippen LogP contribution < -0.4 is 22.8 Å². The maximum absolute atomic E-state index is 13.3. The van der Waals surface area contributed by atoms with E-state index in [0.717, 1.165) is 12.1 Å². The van der Waals surface area contributed by atoms with Crippen molar-refractivity contribution in [2.75, 3.05) is 17.2 Å². The van der Waals surface area contributed by atoms with Crippen molar-refractivity contribution in [3.05, 3.63) is 46.0 Å².